The van der Waals surface area contributed by atoms with Gasteiger partial charge in [0.05, 0.1) is 4.87 Å². The Kier molecular flexibility index (Phi) is 4.95. The van der Waals surface area contributed by atoms with Gasteiger partial charge in [0.25, 0.3) is 0 Å². The lowest BCUT2D eigenvalue weighted by atomic mass is 10.0. The molecule has 0 bridgehead atoms. The lowest BCUT2D eigenvalue weighted by Crippen LogP contribution is -2.53. The van der Waals surface area contributed by atoms with Crippen LogP contribution in [0.2, 0.25) is 0 Å². The summed E-state index contributed by atoms with van der Waals surface area (Å²) in [6.07, 6.45) is 2.58. The van der Waals surface area contributed by atoms with Crippen molar-refractivity contribution in [2.45, 2.75) is 37.2 Å². The number of fused-ring (bicyclic) bond motifs is 1. The van der Waals surface area contributed by atoms with E-state index in [0.717, 1.165) is 16.5 Å². The summed E-state index contributed by atoms with van der Waals surface area (Å²) < 4.78 is 0. The highest BCUT2D eigenvalue weighted by molar-refractivity contribution is 8.00. The topological polar surface area (TPSA) is 102 Å². The number of hydrogen-bond donors (Lipinski definition) is 3. The van der Waals surface area contributed by atoms with Gasteiger partial charge in [0, 0.05) is 29.3 Å². The number of carbonyl (C=O) groups excluding carboxylic acids is 2. The van der Waals surface area contributed by atoms with Crippen LogP contribution in [0.1, 0.15) is 19.4 Å². The summed E-state index contributed by atoms with van der Waals surface area (Å²) in [5, 5.41) is 13.1. The number of para-hydroxylation sites is 1. The summed E-state index contributed by atoms with van der Waals surface area (Å²) in [4.78, 5) is 39.7. The Morgan fingerprint density at radius 1 is 1.46 bits per heavy atom. The van der Waals surface area contributed by atoms with Gasteiger partial charge in [-0.25, -0.2) is 4.79 Å². The minimum Gasteiger partial charge on any atom is -0.480 e. The first-order valence-electron chi connectivity index (χ1n) is 8.29. The molecule has 2 amide bonds. The molecule has 1 aliphatic rings. The van der Waals surface area contributed by atoms with E-state index in [2.05, 4.69) is 10.3 Å². The van der Waals surface area contributed by atoms with Crippen LogP contribution < -0.4 is 5.32 Å². The molecule has 1 aromatic heterocycles. The van der Waals surface area contributed by atoms with Gasteiger partial charge in [0.2, 0.25) is 12.3 Å². The summed E-state index contributed by atoms with van der Waals surface area (Å²) in [5.41, 5.74) is 1.74. The Labute approximate surface area is 155 Å². The Balaban J connectivity index is 1.76. The smallest absolute Gasteiger partial charge is 0.326 e. The van der Waals surface area contributed by atoms with Gasteiger partial charge >= 0.3 is 5.97 Å². The van der Waals surface area contributed by atoms with E-state index in [4.69, 9.17) is 0 Å². The number of aromatic nitrogens is 1. The molecule has 2 heterocycles. The molecule has 2 unspecified atom stereocenters. The standard InChI is InChI=1S/C18H21N3O4S/c1-18(2)21(10-22)15(9-26-18)16(23)20-14(17(24)25)7-11-8-19-13-6-4-3-5-12(11)13/h3-6,8,10,14-15,19H,7,9H2,1-2H3,(H,20,23)(H,24,25). The van der Waals surface area contributed by atoms with Crippen LogP contribution in [0.15, 0.2) is 30.5 Å². The highest BCUT2D eigenvalue weighted by Crippen LogP contribution is 2.37. The van der Waals surface area contributed by atoms with E-state index in [9.17, 15) is 19.5 Å². The number of aromatic amines is 1. The third-order valence-corrected chi connectivity index (χ3v) is 6.08. The molecule has 1 saturated heterocycles. The maximum atomic E-state index is 12.6. The number of thioether (sulfide) groups is 1. The van der Waals surface area contributed by atoms with E-state index in [0.29, 0.717) is 12.2 Å². The molecule has 2 aromatic rings. The molecule has 1 aromatic carbocycles. The fourth-order valence-corrected chi connectivity index (χ4v) is 4.40. The van der Waals surface area contributed by atoms with E-state index >= 15 is 0 Å². The number of hydrogen-bond acceptors (Lipinski definition) is 4. The summed E-state index contributed by atoms with van der Waals surface area (Å²) in [5.74, 6) is -1.11. The van der Waals surface area contributed by atoms with Crippen LogP contribution >= 0.6 is 11.8 Å². The van der Waals surface area contributed by atoms with Gasteiger partial charge in [0.15, 0.2) is 0 Å². The van der Waals surface area contributed by atoms with Gasteiger partial charge in [-0.1, -0.05) is 18.2 Å². The Hall–Kier alpha value is -2.48. The number of H-pyrrole nitrogens is 1. The zero-order valence-electron chi connectivity index (χ0n) is 14.6. The van der Waals surface area contributed by atoms with Gasteiger partial charge in [-0.2, -0.15) is 0 Å². The first-order valence-corrected chi connectivity index (χ1v) is 9.28. The van der Waals surface area contributed by atoms with Gasteiger partial charge in [-0.05, 0) is 25.5 Å². The highest BCUT2D eigenvalue weighted by Gasteiger charge is 2.43. The number of carbonyl (C=O) groups is 3. The zero-order valence-corrected chi connectivity index (χ0v) is 15.4. The van der Waals surface area contributed by atoms with E-state index in [1.807, 2.05) is 38.1 Å². The third kappa shape index (κ3) is 3.41. The molecule has 0 aliphatic carbocycles. The van der Waals surface area contributed by atoms with Crippen LogP contribution in [0.25, 0.3) is 10.9 Å². The van der Waals surface area contributed by atoms with Crippen molar-refractivity contribution < 1.29 is 19.5 Å². The Morgan fingerprint density at radius 3 is 2.88 bits per heavy atom. The second-order valence-corrected chi connectivity index (χ2v) is 8.37. The predicted octanol–water partition coefficient (Wildman–Crippen LogP) is 1.59. The molecule has 0 saturated carbocycles. The van der Waals surface area contributed by atoms with Crippen molar-refractivity contribution in [3.63, 3.8) is 0 Å². The van der Waals surface area contributed by atoms with Crippen LogP contribution in [0.5, 0.6) is 0 Å². The summed E-state index contributed by atoms with van der Waals surface area (Å²) in [6.45, 7) is 3.72. The molecule has 2 atom stereocenters. The van der Waals surface area contributed by atoms with Crippen molar-refractivity contribution in [3.8, 4) is 0 Å². The van der Waals surface area contributed by atoms with Crippen LogP contribution in [0.4, 0.5) is 0 Å². The quantitative estimate of drug-likeness (QED) is 0.666. The van der Waals surface area contributed by atoms with Gasteiger partial charge in [-0.15, -0.1) is 11.8 Å². The second-order valence-electron chi connectivity index (χ2n) is 6.75. The molecule has 1 fully saturated rings. The number of carboxylic acids is 1. The van der Waals surface area contributed by atoms with Gasteiger partial charge in [-0.3, -0.25) is 9.59 Å². The molecular weight excluding hydrogens is 354 g/mol. The van der Waals surface area contributed by atoms with E-state index < -0.39 is 28.8 Å². The number of benzene rings is 1. The molecule has 1 aliphatic heterocycles. The number of nitrogens with zero attached hydrogens (tertiary/aromatic N) is 1. The van der Waals surface area contributed by atoms with Crippen molar-refractivity contribution in [3.05, 3.63) is 36.0 Å². The molecular formula is C18H21N3O4S. The SMILES string of the molecule is CC1(C)SCC(C(=O)NC(Cc2c[nH]c3ccccc23)C(=O)O)N1C=O. The van der Waals surface area contributed by atoms with Crippen molar-refractivity contribution in [1.82, 2.24) is 15.2 Å². The zero-order chi connectivity index (χ0) is 18.9. The monoisotopic (exact) mass is 375 g/mol. The van der Waals surface area contributed by atoms with Crippen molar-refractivity contribution in [1.29, 1.82) is 0 Å². The molecule has 0 radical (unpaired) electrons. The van der Waals surface area contributed by atoms with Crippen molar-refractivity contribution in [2.75, 3.05) is 5.75 Å². The minimum absolute atomic E-state index is 0.162. The van der Waals surface area contributed by atoms with Gasteiger partial charge < -0.3 is 20.3 Å². The molecule has 26 heavy (non-hydrogen) atoms. The molecule has 7 nitrogen and oxygen atoms in total. The summed E-state index contributed by atoms with van der Waals surface area (Å²) in [6, 6.07) is 5.86. The Bertz CT molecular complexity index is 848. The molecule has 8 heteroatoms. The molecule has 138 valence electrons. The number of amides is 2. The van der Waals surface area contributed by atoms with E-state index in [1.54, 1.807) is 6.20 Å². The third-order valence-electron chi connectivity index (χ3n) is 4.68. The molecule has 3 rings (SSSR count). The summed E-state index contributed by atoms with van der Waals surface area (Å²) >= 11 is 1.49. The lowest BCUT2D eigenvalue weighted by molar-refractivity contribution is -0.143. The van der Waals surface area contributed by atoms with Crippen LogP contribution in [0, 0.1) is 0 Å². The maximum Gasteiger partial charge on any atom is 0.326 e. The highest BCUT2D eigenvalue weighted by atomic mass is 32.2. The Morgan fingerprint density at radius 2 is 2.19 bits per heavy atom. The van der Waals surface area contributed by atoms with Crippen LogP contribution in [-0.4, -0.2) is 56.0 Å². The van der Waals surface area contributed by atoms with E-state index in [1.165, 1.54) is 16.7 Å². The fraction of sp³-hybridized carbons (Fsp3) is 0.389. The predicted molar refractivity (Wildman–Crippen MR) is 99.8 cm³/mol. The first-order chi connectivity index (χ1) is 12.3. The average molecular weight is 375 g/mol. The van der Waals surface area contributed by atoms with Gasteiger partial charge in [0.1, 0.15) is 12.1 Å². The lowest BCUT2D eigenvalue weighted by Gasteiger charge is -2.30. The van der Waals surface area contributed by atoms with Crippen molar-refractivity contribution in [2.24, 2.45) is 0 Å². The largest absolute Gasteiger partial charge is 0.480 e. The average Bonchev–Trinajstić information content (AvgIpc) is 3.14. The first kappa shape index (κ1) is 18.3. The van der Waals surface area contributed by atoms with Crippen LogP contribution in [0.3, 0.4) is 0 Å². The fourth-order valence-electron chi connectivity index (χ4n) is 3.20. The maximum absolute atomic E-state index is 12.6. The second kappa shape index (κ2) is 7.03. The number of carboxylic acid groups (broad SMARTS) is 1. The minimum atomic E-state index is -1.11. The van der Waals surface area contributed by atoms with E-state index in [-0.39, 0.29) is 6.42 Å². The van der Waals surface area contributed by atoms with Crippen molar-refractivity contribution >= 4 is 41.0 Å². The normalized spacial score (nSPS) is 20.1. The van der Waals surface area contributed by atoms with Crippen LogP contribution in [-0.2, 0) is 20.8 Å². The number of aliphatic carboxylic acids is 1. The number of nitrogens with one attached hydrogen (secondary N) is 2. The molecule has 3 N–H and O–H groups in total. The number of rotatable bonds is 6. The molecule has 0 spiro atoms. The summed E-state index contributed by atoms with van der Waals surface area (Å²) in [7, 11) is 0.